The first kappa shape index (κ1) is 11.4. The summed E-state index contributed by atoms with van der Waals surface area (Å²) in [6, 6.07) is 0.166. The molecule has 15 heavy (non-hydrogen) atoms. The minimum atomic E-state index is -0.255. The van der Waals surface area contributed by atoms with Gasteiger partial charge in [0.25, 0.3) is 5.91 Å². The minimum absolute atomic E-state index is 0.166. The maximum absolute atomic E-state index is 11.7. The van der Waals surface area contributed by atoms with Crippen LogP contribution in [-0.4, -0.2) is 21.9 Å². The zero-order chi connectivity index (χ0) is 11.3. The first-order valence-corrected chi connectivity index (χ1v) is 5.06. The summed E-state index contributed by atoms with van der Waals surface area (Å²) in [5.41, 5.74) is 5.74. The second kappa shape index (κ2) is 5.29. The van der Waals surface area contributed by atoms with Crippen molar-refractivity contribution < 1.29 is 4.79 Å². The predicted molar refractivity (Wildman–Crippen MR) is 58.3 cm³/mol. The minimum Gasteiger partial charge on any atom is -0.382 e. The lowest BCUT2D eigenvalue weighted by Gasteiger charge is -2.14. The molecule has 0 saturated carbocycles. The fraction of sp³-hybridized carbons (Fsp3) is 0.500. The number of nitrogens with one attached hydrogen (secondary N) is 1. The summed E-state index contributed by atoms with van der Waals surface area (Å²) in [7, 11) is 0. The summed E-state index contributed by atoms with van der Waals surface area (Å²) in [5, 5.41) is 2.85. The van der Waals surface area contributed by atoms with E-state index in [9.17, 15) is 4.79 Å². The number of rotatable bonds is 4. The van der Waals surface area contributed by atoms with Crippen LogP contribution in [0.3, 0.4) is 0 Å². The van der Waals surface area contributed by atoms with E-state index in [0.717, 1.165) is 12.8 Å². The largest absolute Gasteiger partial charge is 0.382 e. The average molecular weight is 208 g/mol. The highest BCUT2D eigenvalue weighted by molar-refractivity contribution is 5.96. The summed E-state index contributed by atoms with van der Waals surface area (Å²) in [6.45, 7) is 4.04. The molecule has 5 heteroatoms. The third-order valence-electron chi connectivity index (χ3n) is 2.26. The van der Waals surface area contributed by atoms with Crippen molar-refractivity contribution in [2.24, 2.45) is 0 Å². The first-order chi connectivity index (χ1) is 7.19. The molecule has 0 unspecified atom stereocenters. The Hall–Kier alpha value is -1.65. The fourth-order valence-corrected chi connectivity index (χ4v) is 1.27. The number of nitrogen functional groups attached to an aromatic ring is 1. The number of carbonyl (C=O) groups excluding carboxylic acids is 1. The molecule has 5 nitrogen and oxygen atoms in total. The molecule has 3 N–H and O–H groups in total. The third-order valence-corrected chi connectivity index (χ3v) is 2.26. The molecule has 1 aromatic rings. The molecule has 0 bridgehead atoms. The molecule has 0 fully saturated rings. The summed E-state index contributed by atoms with van der Waals surface area (Å²) < 4.78 is 0. The van der Waals surface area contributed by atoms with E-state index >= 15 is 0 Å². The number of aromatic nitrogens is 2. The number of hydrogen-bond donors (Lipinski definition) is 2. The Kier molecular flexibility index (Phi) is 4.03. The molecule has 0 atom stereocenters. The van der Waals surface area contributed by atoms with Crippen LogP contribution >= 0.6 is 0 Å². The summed E-state index contributed by atoms with van der Waals surface area (Å²) in [6.07, 6.45) is 4.70. The molecule has 0 aromatic carbocycles. The van der Waals surface area contributed by atoms with Gasteiger partial charge < -0.3 is 11.1 Å². The molecular weight excluding hydrogens is 192 g/mol. The maximum atomic E-state index is 11.7. The highest BCUT2D eigenvalue weighted by Crippen LogP contribution is 2.04. The monoisotopic (exact) mass is 208 g/mol. The van der Waals surface area contributed by atoms with Gasteiger partial charge in [0, 0.05) is 18.4 Å². The molecule has 0 spiro atoms. The molecule has 0 saturated heterocycles. The van der Waals surface area contributed by atoms with Gasteiger partial charge in [0.1, 0.15) is 0 Å². The van der Waals surface area contributed by atoms with E-state index in [-0.39, 0.29) is 23.5 Å². The molecule has 0 radical (unpaired) electrons. The van der Waals surface area contributed by atoms with Gasteiger partial charge in [-0.25, -0.2) is 9.97 Å². The number of carbonyl (C=O) groups is 1. The van der Waals surface area contributed by atoms with Gasteiger partial charge in [-0.1, -0.05) is 13.8 Å². The van der Waals surface area contributed by atoms with Crippen molar-refractivity contribution in [2.75, 3.05) is 5.73 Å². The van der Waals surface area contributed by atoms with Gasteiger partial charge in [0.15, 0.2) is 11.5 Å². The number of anilines is 1. The van der Waals surface area contributed by atoms with Crippen LogP contribution in [0.25, 0.3) is 0 Å². The van der Waals surface area contributed by atoms with Gasteiger partial charge in [-0.05, 0) is 12.8 Å². The smallest absolute Gasteiger partial charge is 0.273 e. The number of amides is 1. The van der Waals surface area contributed by atoms with Crippen molar-refractivity contribution in [1.29, 1.82) is 0 Å². The Balaban J connectivity index is 2.73. The summed E-state index contributed by atoms with van der Waals surface area (Å²) in [5.74, 6) is -0.0877. The molecule has 0 aliphatic heterocycles. The summed E-state index contributed by atoms with van der Waals surface area (Å²) >= 11 is 0. The topological polar surface area (TPSA) is 80.9 Å². The number of nitrogens with two attached hydrogens (primary N) is 1. The standard InChI is InChI=1S/C10H16N4O/c1-3-7(4-2)14-10(15)8-9(11)13-6-5-12-8/h5-7H,3-4H2,1-2H3,(H2,11,13)(H,14,15). The Morgan fingerprint density at radius 1 is 1.40 bits per heavy atom. The van der Waals surface area contributed by atoms with Crippen molar-refractivity contribution in [3.8, 4) is 0 Å². The van der Waals surface area contributed by atoms with Crippen molar-refractivity contribution in [3.63, 3.8) is 0 Å². The van der Waals surface area contributed by atoms with E-state index in [1.807, 2.05) is 13.8 Å². The number of nitrogens with zero attached hydrogens (tertiary/aromatic N) is 2. The lowest BCUT2D eigenvalue weighted by atomic mass is 10.1. The highest BCUT2D eigenvalue weighted by Gasteiger charge is 2.14. The van der Waals surface area contributed by atoms with Gasteiger partial charge in [-0.15, -0.1) is 0 Å². The highest BCUT2D eigenvalue weighted by atomic mass is 16.2. The summed E-state index contributed by atoms with van der Waals surface area (Å²) in [4.78, 5) is 19.4. The van der Waals surface area contributed by atoms with E-state index < -0.39 is 0 Å². The van der Waals surface area contributed by atoms with E-state index in [4.69, 9.17) is 5.73 Å². The van der Waals surface area contributed by atoms with Crippen LogP contribution in [0.1, 0.15) is 37.2 Å². The average Bonchev–Trinajstić information content (AvgIpc) is 2.26. The molecule has 82 valence electrons. The zero-order valence-corrected chi connectivity index (χ0v) is 9.03. The molecular formula is C10H16N4O. The first-order valence-electron chi connectivity index (χ1n) is 5.06. The van der Waals surface area contributed by atoms with E-state index in [0.29, 0.717) is 0 Å². The second-order valence-corrected chi connectivity index (χ2v) is 3.28. The second-order valence-electron chi connectivity index (χ2n) is 3.28. The molecule has 1 rings (SSSR count). The van der Waals surface area contributed by atoms with Gasteiger partial charge in [-0.3, -0.25) is 4.79 Å². The van der Waals surface area contributed by atoms with E-state index in [2.05, 4.69) is 15.3 Å². The third kappa shape index (κ3) is 2.90. The lowest BCUT2D eigenvalue weighted by Crippen LogP contribution is -2.34. The van der Waals surface area contributed by atoms with Crippen LogP contribution in [0.2, 0.25) is 0 Å². The maximum Gasteiger partial charge on any atom is 0.273 e. The predicted octanol–water partition coefficient (Wildman–Crippen LogP) is 0.977. The van der Waals surface area contributed by atoms with Crippen LogP contribution in [-0.2, 0) is 0 Å². The molecule has 0 aliphatic carbocycles. The van der Waals surface area contributed by atoms with Gasteiger partial charge >= 0.3 is 0 Å². The van der Waals surface area contributed by atoms with E-state index in [1.165, 1.54) is 12.4 Å². The molecule has 0 aliphatic rings. The van der Waals surface area contributed by atoms with Crippen molar-refractivity contribution in [1.82, 2.24) is 15.3 Å². The Morgan fingerprint density at radius 3 is 2.53 bits per heavy atom. The Morgan fingerprint density at radius 2 is 2.00 bits per heavy atom. The lowest BCUT2D eigenvalue weighted by molar-refractivity contribution is 0.0930. The van der Waals surface area contributed by atoms with Crippen LogP contribution in [0.4, 0.5) is 5.82 Å². The molecule has 1 heterocycles. The van der Waals surface area contributed by atoms with Crippen LogP contribution in [0.5, 0.6) is 0 Å². The SMILES string of the molecule is CCC(CC)NC(=O)c1nccnc1N. The van der Waals surface area contributed by atoms with E-state index in [1.54, 1.807) is 0 Å². The number of hydrogen-bond acceptors (Lipinski definition) is 4. The van der Waals surface area contributed by atoms with Crippen LogP contribution in [0, 0.1) is 0 Å². The molecule has 1 amide bonds. The van der Waals surface area contributed by atoms with Crippen LogP contribution < -0.4 is 11.1 Å². The molecule has 1 aromatic heterocycles. The van der Waals surface area contributed by atoms with Crippen LogP contribution in [0.15, 0.2) is 12.4 Å². The Labute approximate surface area is 89.1 Å². The normalized spacial score (nSPS) is 10.3. The van der Waals surface area contributed by atoms with Crippen molar-refractivity contribution >= 4 is 11.7 Å². The Bertz CT molecular complexity index is 336. The van der Waals surface area contributed by atoms with Gasteiger partial charge in [-0.2, -0.15) is 0 Å². The van der Waals surface area contributed by atoms with Gasteiger partial charge in [0.05, 0.1) is 0 Å². The fourth-order valence-electron chi connectivity index (χ4n) is 1.27. The van der Waals surface area contributed by atoms with Crippen molar-refractivity contribution in [2.45, 2.75) is 32.7 Å². The zero-order valence-electron chi connectivity index (χ0n) is 9.03. The van der Waals surface area contributed by atoms with Crippen molar-refractivity contribution in [3.05, 3.63) is 18.1 Å². The quantitative estimate of drug-likeness (QED) is 0.772. The van der Waals surface area contributed by atoms with Gasteiger partial charge in [0.2, 0.25) is 0 Å².